The number of hydrogen-bond donors (Lipinski definition) is 1. The quantitative estimate of drug-likeness (QED) is 0.717. The maximum Gasteiger partial charge on any atom is 0.274 e. The van der Waals surface area contributed by atoms with Crippen LogP contribution in [0.2, 0.25) is 0 Å². The van der Waals surface area contributed by atoms with Gasteiger partial charge in [0.05, 0.1) is 5.69 Å². The molecule has 7 nitrogen and oxygen atoms in total. The first-order chi connectivity index (χ1) is 13.2. The van der Waals surface area contributed by atoms with Gasteiger partial charge in [-0.05, 0) is 38.4 Å². The van der Waals surface area contributed by atoms with Crippen molar-refractivity contribution in [1.82, 2.24) is 29.4 Å². The van der Waals surface area contributed by atoms with E-state index in [1.165, 1.54) is 29.2 Å². The monoisotopic (exact) mass is 366 g/mol. The van der Waals surface area contributed by atoms with Crippen LogP contribution in [0.3, 0.4) is 0 Å². The molecule has 1 N–H and O–H groups in total. The molecule has 0 saturated carbocycles. The summed E-state index contributed by atoms with van der Waals surface area (Å²) in [6.07, 6.45) is 4.95. The lowest BCUT2D eigenvalue weighted by Crippen LogP contribution is -2.46. The van der Waals surface area contributed by atoms with Crippen LogP contribution in [0.25, 0.3) is 5.78 Å². The summed E-state index contributed by atoms with van der Waals surface area (Å²) in [6, 6.07) is 12.8. The molecule has 1 saturated heterocycles. The SMILES string of the molecule is CN(CCc1ccccc1)[C@H]1CCCN(Cc2cc(=O)n3[nH]cnc3n2)C1. The van der Waals surface area contributed by atoms with Crippen molar-refractivity contribution >= 4 is 5.78 Å². The normalized spacial score (nSPS) is 18.4. The first kappa shape index (κ1) is 17.9. The molecule has 1 fully saturated rings. The number of fused-ring (bicyclic) bond motifs is 1. The number of piperidine rings is 1. The van der Waals surface area contributed by atoms with E-state index in [1.54, 1.807) is 6.07 Å². The van der Waals surface area contributed by atoms with Crippen molar-refractivity contribution in [2.45, 2.75) is 31.8 Å². The summed E-state index contributed by atoms with van der Waals surface area (Å²) >= 11 is 0. The molecule has 1 aromatic carbocycles. The summed E-state index contributed by atoms with van der Waals surface area (Å²) in [6.45, 7) is 3.81. The lowest BCUT2D eigenvalue weighted by molar-refractivity contribution is 0.111. The Labute approximate surface area is 158 Å². The Morgan fingerprint density at radius 3 is 3.00 bits per heavy atom. The van der Waals surface area contributed by atoms with Crippen LogP contribution >= 0.6 is 0 Å². The molecule has 0 amide bonds. The summed E-state index contributed by atoms with van der Waals surface area (Å²) in [7, 11) is 2.22. The predicted octanol–water partition coefficient (Wildman–Crippen LogP) is 1.56. The molecule has 3 heterocycles. The molecule has 4 rings (SSSR count). The average Bonchev–Trinajstić information content (AvgIpc) is 3.16. The molecule has 7 heteroatoms. The molecule has 3 aromatic rings. The number of aromatic nitrogens is 4. The fourth-order valence-electron chi connectivity index (χ4n) is 3.85. The Morgan fingerprint density at radius 1 is 1.30 bits per heavy atom. The predicted molar refractivity (Wildman–Crippen MR) is 105 cm³/mol. The van der Waals surface area contributed by atoms with Gasteiger partial charge in [0.1, 0.15) is 6.33 Å². The van der Waals surface area contributed by atoms with Crippen LogP contribution in [0.4, 0.5) is 0 Å². The highest BCUT2D eigenvalue weighted by atomic mass is 16.1. The summed E-state index contributed by atoms with van der Waals surface area (Å²) in [5.41, 5.74) is 2.06. The first-order valence-electron chi connectivity index (χ1n) is 9.57. The molecular formula is C20H26N6O. The average molecular weight is 366 g/mol. The van der Waals surface area contributed by atoms with Gasteiger partial charge in [-0.2, -0.15) is 4.52 Å². The lowest BCUT2D eigenvalue weighted by atomic mass is 10.0. The Morgan fingerprint density at radius 2 is 2.15 bits per heavy atom. The Balaban J connectivity index is 1.36. The van der Waals surface area contributed by atoms with Crippen molar-refractivity contribution in [3.05, 3.63) is 64.3 Å². The van der Waals surface area contributed by atoms with E-state index >= 15 is 0 Å². The van der Waals surface area contributed by atoms with Crippen molar-refractivity contribution in [2.24, 2.45) is 0 Å². The fourth-order valence-corrected chi connectivity index (χ4v) is 3.85. The van der Waals surface area contributed by atoms with Crippen molar-refractivity contribution in [1.29, 1.82) is 0 Å². The van der Waals surface area contributed by atoms with Crippen LogP contribution in [0.1, 0.15) is 24.1 Å². The van der Waals surface area contributed by atoms with Gasteiger partial charge in [0.15, 0.2) is 0 Å². The van der Waals surface area contributed by atoms with E-state index < -0.39 is 0 Å². The number of likely N-dealkylation sites (tertiary alicyclic amines) is 1. The number of likely N-dealkylation sites (N-methyl/N-ethyl adjacent to an activating group) is 1. The molecule has 142 valence electrons. The van der Waals surface area contributed by atoms with Crippen LogP contribution in [0.15, 0.2) is 47.5 Å². The van der Waals surface area contributed by atoms with Crippen molar-refractivity contribution < 1.29 is 0 Å². The number of aromatic amines is 1. The van der Waals surface area contributed by atoms with E-state index in [0.717, 1.165) is 31.7 Å². The molecule has 1 aliphatic rings. The van der Waals surface area contributed by atoms with Gasteiger partial charge in [-0.1, -0.05) is 30.3 Å². The molecular weight excluding hydrogens is 340 g/mol. The van der Waals surface area contributed by atoms with Crippen molar-refractivity contribution in [3.8, 4) is 0 Å². The molecule has 2 aromatic heterocycles. The number of benzene rings is 1. The second-order valence-corrected chi connectivity index (χ2v) is 7.36. The van der Waals surface area contributed by atoms with Crippen LogP contribution in [-0.4, -0.2) is 62.1 Å². The number of nitrogens with zero attached hydrogens (tertiary/aromatic N) is 5. The van der Waals surface area contributed by atoms with E-state index in [2.05, 4.69) is 62.2 Å². The zero-order valence-electron chi connectivity index (χ0n) is 15.7. The minimum absolute atomic E-state index is 0.110. The minimum Gasteiger partial charge on any atom is -0.302 e. The minimum atomic E-state index is -0.110. The Bertz CT molecular complexity index is 934. The molecule has 0 unspecified atom stereocenters. The number of nitrogens with one attached hydrogen (secondary N) is 1. The summed E-state index contributed by atoms with van der Waals surface area (Å²) in [5.74, 6) is 0.436. The third kappa shape index (κ3) is 4.26. The third-order valence-electron chi connectivity index (χ3n) is 5.41. The van der Waals surface area contributed by atoms with Gasteiger partial charge in [-0.15, -0.1) is 0 Å². The number of rotatable bonds is 6. The largest absolute Gasteiger partial charge is 0.302 e. The van der Waals surface area contributed by atoms with Crippen molar-refractivity contribution in [2.75, 3.05) is 26.7 Å². The first-order valence-corrected chi connectivity index (χ1v) is 9.57. The molecule has 0 aliphatic carbocycles. The third-order valence-corrected chi connectivity index (χ3v) is 5.41. The highest BCUT2D eigenvalue weighted by molar-refractivity contribution is 5.26. The van der Waals surface area contributed by atoms with E-state index in [4.69, 9.17) is 0 Å². The highest BCUT2D eigenvalue weighted by Gasteiger charge is 2.23. The molecule has 1 atom stereocenters. The van der Waals surface area contributed by atoms with Gasteiger partial charge >= 0.3 is 0 Å². The van der Waals surface area contributed by atoms with Crippen LogP contribution in [0.5, 0.6) is 0 Å². The smallest absolute Gasteiger partial charge is 0.274 e. The van der Waals surface area contributed by atoms with Crippen molar-refractivity contribution in [3.63, 3.8) is 0 Å². The second-order valence-electron chi connectivity index (χ2n) is 7.36. The van der Waals surface area contributed by atoms with Crippen LogP contribution < -0.4 is 5.56 Å². The number of hydrogen-bond acceptors (Lipinski definition) is 5. The van der Waals surface area contributed by atoms with E-state index in [0.29, 0.717) is 18.4 Å². The van der Waals surface area contributed by atoms with Crippen LogP contribution in [-0.2, 0) is 13.0 Å². The Kier molecular flexibility index (Phi) is 5.31. The molecule has 0 bridgehead atoms. The van der Waals surface area contributed by atoms with Gasteiger partial charge < -0.3 is 4.90 Å². The second kappa shape index (κ2) is 8.02. The maximum absolute atomic E-state index is 12.1. The van der Waals surface area contributed by atoms with Crippen LogP contribution in [0, 0.1) is 0 Å². The summed E-state index contributed by atoms with van der Waals surface area (Å²) in [4.78, 5) is 25.6. The van der Waals surface area contributed by atoms with Gasteiger partial charge in [0.2, 0.25) is 0 Å². The molecule has 1 aliphatic heterocycles. The standard InChI is InChI=1S/C20H26N6O/c1-24(11-9-16-6-3-2-4-7-16)18-8-5-10-25(14-18)13-17-12-19(27)26-20(23-17)21-15-22-26/h2-4,6-7,12,15,18H,5,8-11,13-14H2,1H3,(H,21,22,23)/t18-/m0/s1. The maximum atomic E-state index is 12.1. The van der Waals surface area contributed by atoms with E-state index in [-0.39, 0.29) is 5.56 Å². The summed E-state index contributed by atoms with van der Waals surface area (Å²) < 4.78 is 1.36. The van der Waals surface area contributed by atoms with Gasteiger partial charge in [0, 0.05) is 31.7 Å². The van der Waals surface area contributed by atoms with Gasteiger partial charge in [-0.25, -0.2) is 9.97 Å². The number of H-pyrrole nitrogens is 1. The van der Waals surface area contributed by atoms with E-state index in [1.807, 2.05) is 0 Å². The lowest BCUT2D eigenvalue weighted by Gasteiger charge is -2.37. The van der Waals surface area contributed by atoms with Gasteiger partial charge in [-0.3, -0.25) is 14.8 Å². The molecule has 27 heavy (non-hydrogen) atoms. The van der Waals surface area contributed by atoms with E-state index in [9.17, 15) is 4.79 Å². The zero-order chi connectivity index (χ0) is 18.6. The Hall–Kier alpha value is -2.51. The fraction of sp³-hybridized carbons (Fsp3) is 0.450. The highest BCUT2D eigenvalue weighted by Crippen LogP contribution is 2.17. The molecule has 0 spiro atoms. The molecule has 0 radical (unpaired) electrons. The zero-order valence-corrected chi connectivity index (χ0v) is 15.7. The topological polar surface area (TPSA) is 69.5 Å². The van der Waals surface area contributed by atoms with Gasteiger partial charge in [0.25, 0.3) is 11.3 Å². The summed E-state index contributed by atoms with van der Waals surface area (Å²) in [5, 5.41) is 2.78.